The van der Waals surface area contributed by atoms with Crippen LogP contribution in [0.1, 0.15) is 35.2 Å². The molecule has 5 heteroatoms. The largest absolute Gasteiger partial charge is 0.310 e. The van der Waals surface area contributed by atoms with Crippen LogP contribution in [0.4, 0.5) is 17.1 Å². The van der Waals surface area contributed by atoms with Crippen molar-refractivity contribution >= 4 is 48.6 Å². The Bertz CT molecular complexity index is 3010. The van der Waals surface area contributed by atoms with Gasteiger partial charge in [-0.3, -0.25) is 16.0 Å². The maximum atomic E-state index is 4.02. The molecule has 1 aromatic heterocycles. The molecule has 0 bridgehead atoms. The van der Waals surface area contributed by atoms with Crippen molar-refractivity contribution in [1.82, 2.24) is 16.0 Å². The Balaban J connectivity index is 0.996. The molecule has 11 rings (SSSR count). The Hall–Kier alpha value is -7.12. The van der Waals surface area contributed by atoms with Crippen LogP contribution in [0.15, 0.2) is 231 Å². The second-order valence-electron chi connectivity index (χ2n) is 15.8. The van der Waals surface area contributed by atoms with E-state index in [1.54, 1.807) is 0 Å². The molecule has 298 valence electrons. The molecule has 3 atom stereocenters. The first kappa shape index (κ1) is 37.8. The lowest BCUT2D eigenvalue weighted by atomic mass is 9.95. The normalized spacial score (nSPS) is 16.4. The van der Waals surface area contributed by atoms with Gasteiger partial charge in [0.25, 0.3) is 0 Å². The summed E-state index contributed by atoms with van der Waals surface area (Å²) in [7, 11) is 0. The van der Waals surface area contributed by atoms with Gasteiger partial charge in [-0.15, -0.1) is 11.3 Å². The Morgan fingerprint density at radius 3 is 1.42 bits per heavy atom. The van der Waals surface area contributed by atoms with Gasteiger partial charge in [0.1, 0.15) is 0 Å². The maximum Gasteiger partial charge on any atom is 0.0871 e. The first-order valence-electron chi connectivity index (χ1n) is 21.3. The zero-order valence-corrected chi connectivity index (χ0v) is 34.8. The highest BCUT2D eigenvalue weighted by Crippen LogP contribution is 2.44. The van der Waals surface area contributed by atoms with E-state index in [-0.39, 0.29) is 18.5 Å². The fraction of sp³-hybridized carbons (Fsp3) is 0.0526. The second-order valence-corrected chi connectivity index (χ2v) is 16.9. The molecule has 3 N–H and O–H groups in total. The summed E-state index contributed by atoms with van der Waals surface area (Å²) in [5, 5.41) is 14.4. The van der Waals surface area contributed by atoms with Gasteiger partial charge >= 0.3 is 0 Å². The van der Waals surface area contributed by atoms with Crippen molar-refractivity contribution in [2.24, 2.45) is 0 Å². The highest BCUT2D eigenvalue weighted by molar-refractivity contribution is 7.25. The van der Waals surface area contributed by atoms with Crippen molar-refractivity contribution in [2.45, 2.75) is 18.5 Å². The lowest BCUT2D eigenvalue weighted by molar-refractivity contribution is 0.204. The molecule has 9 aromatic carbocycles. The molecule has 62 heavy (non-hydrogen) atoms. The lowest BCUT2D eigenvalue weighted by Gasteiger charge is -2.40. The van der Waals surface area contributed by atoms with Gasteiger partial charge in [0.05, 0.1) is 18.5 Å². The maximum absolute atomic E-state index is 4.02. The lowest BCUT2D eigenvalue weighted by Crippen LogP contribution is -2.54. The predicted octanol–water partition coefficient (Wildman–Crippen LogP) is 14.7. The molecule has 10 aromatic rings. The van der Waals surface area contributed by atoms with Crippen molar-refractivity contribution in [2.75, 3.05) is 4.90 Å². The van der Waals surface area contributed by atoms with Crippen LogP contribution in [0.5, 0.6) is 0 Å². The van der Waals surface area contributed by atoms with E-state index in [2.05, 4.69) is 251 Å². The highest BCUT2D eigenvalue weighted by atomic mass is 32.1. The van der Waals surface area contributed by atoms with Crippen LogP contribution >= 0.6 is 11.3 Å². The molecule has 1 aliphatic heterocycles. The molecule has 3 unspecified atom stereocenters. The van der Waals surface area contributed by atoms with Crippen LogP contribution in [0.25, 0.3) is 53.6 Å². The van der Waals surface area contributed by atoms with E-state index >= 15 is 0 Å². The summed E-state index contributed by atoms with van der Waals surface area (Å²) in [6.07, 6.45) is -0.345. The van der Waals surface area contributed by atoms with E-state index in [0.717, 1.165) is 17.1 Å². The molecule has 4 nitrogen and oxygen atoms in total. The van der Waals surface area contributed by atoms with Crippen LogP contribution in [-0.4, -0.2) is 0 Å². The molecule has 0 aliphatic carbocycles. The van der Waals surface area contributed by atoms with E-state index in [4.69, 9.17) is 0 Å². The number of hydrogen-bond acceptors (Lipinski definition) is 5. The molecule has 1 saturated heterocycles. The average molecular weight is 817 g/mol. The Labute approximate surface area is 366 Å². The monoisotopic (exact) mass is 816 g/mol. The molecular formula is C57H44N4S. The summed E-state index contributed by atoms with van der Waals surface area (Å²) in [6, 6.07) is 83.0. The molecule has 0 radical (unpaired) electrons. The second kappa shape index (κ2) is 16.7. The third-order valence-electron chi connectivity index (χ3n) is 12.0. The average Bonchev–Trinajstić information content (AvgIpc) is 3.74. The molecule has 1 fully saturated rings. The smallest absolute Gasteiger partial charge is 0.0871 e. The number of nitrogens with zero attached hydrogens (tertiary/aromatic N) is 1. The van der Waals surface area contributed by atoms with Crippen molar-refractivity contribution < 1.29 is 0 Å². The van der Waals surface area contributed by atoms with Gasteiger partial charge in [-0.1, -0.05) is 188 Å². The molecule has 2 heterocycles. The minimum atomic E-state index is -0.140. The fourth-order valence-corrected chi connectivity index (χ4v) is 10.2. The van der Waals surface area contributed by atoms with Gasteiger partial charge in [-0.05, 0) is 92.5 Å². The number of nitrogens with one attached hydrogen (secondary N) is 3. The number of thiophene rings is 1. The SMILES string of the molecule is c1ccc(-c2ccc(N(c3ccc(-c4ccccc4)cc3)c3ccc4c(c3)sc3cccc(C5NC(c6ccccc6)NC(c6ccccc6-c6ccccc6)N5)c34)cc2)cc1. The summed E-state index contributed by atoms with van der Waals surface area (Å²) in [6.45, 7) is 0. The molecule has 0 spiro atoms. The minimum Gasteiger partial charge on any atom is -0.310 e. The first-order valence-corrected chi connectivity index (χ1v) is 22.1. The third kappa shape index (κ3) is 7.38. The standard InChI is InChI=1S/C57H44N4S/c1-5-16-39(17-6-1)41-28-32-45(33-29-41)61(46-34-30-42(31-35-46)40-18-7-2-8-19-40)47-36-37-50-53(38-47)62-52-27-15-26-51(54(50)52)57-59-55(44-22-11-4-12-23-44)58-56(60-57)49-25-14-13-24-48(49)43-20-9-3-10-21-43/h1-38,55-60H. The zero-order valence-electron chi connectivity index (χ0n) is 34.0. The number of fused-ring (bicyclic) bond motifs is 3. The van der Waals surface area contributed by atoms with E-state index in [1.807, 2.05) is 11.3 Å². The predicted molar refractivity (Wildman–Crippen MR) is 261 cm³/mol. The summed E-state index contributed by atoms with van der Waals surface area (Å²) >= 11 is 1.86. The number of hydrogen-bond donors (Lipinski definition) is 3. The summed E-state index contributed by atoms with van der Waals surface area (Å²) in [4.78, 5) is 2.38. The van der Waals surface area contributed by atoms with Gasteiger partial charge in [0.2, 0.25) is 0 Å². The Morgan fingerprint density at radius 1 is 0.339 bits per heavy atom. The Morgan fingerprint density at radius 2 is 0.806 bits per heavy atom. The van der Waals surface area contributed by atoms with Crippen molar-refractivity contribution in [3.63, 3.8) is 0 Å². The van der Waals surface area contributed by atoms with Crippen LogP contribution in [0, 0.1) is 0 Å². The van der Waals surface area contributed by atoms with Crippen LogP contribution in [0.3, 0.4) is 0 Å². The van der Waals surface area contributed by atoms with Crippen molar-refractivity contribution in [1.29, 1.82) is 0 Å². The van der Waals surface area contributed by atoms with Gasteiger partial charge in [-0.25, -0.2) is 0 Å². The molecule has 0 saturated carbocycles. The van der Waals surface area contributed by atoms with Gasteiger partial charge in [0, 0.05) is 37.2 Å². The van der Waals surface area contributed by atoms with Crippen molar-refractivity contribution in [3.8, 4) is 33.4 Å². The zero-order chi connectivity index (χ0) is 41.2. The van der Waals surface area contributed by atoms with Crippen LogP contribution < -0.4 is 20.9 Å². The first-order chi connectivity index (χ1) is 30.7. The van der Waals surface area contributed by atoms with E-state index in [0.29, 0.717) is 0 Å². The van der Waals surface area contributed by atoms with Gasteiger partial charge in [-0.2, -0.15) is 0 Å². The van der Waals surface area contributed by atoms with Crippen LogP contribution in [0.2, 0.25) is 0 Å². The highest BCUT2D eigenvalue weighted by Gasteiger charge is 2.32. The topological polar surface area (TPSA) is 39.3 Å². The van der Waals surface area contributed by atoms with E-state index < -0.39 is 0 Å². The molecule has 1 aliphatic rings. The molecule has 0 amide bonds. The quantitative estimate of drug-likeness (QED) is 0.136. The molecular weight excluding hydrogens is 773 g/mol. The van der Waals surface area contributed by atoms with Gasteiger partial charge in [0.15, 0.2) is 0 Å². The summed E-state index contributed by atoms with van der Waals surface area (Å²) < 4.78 is 2.51. The Kier molecular flexibility index (Phi) is 10.2. The van der Waals surface area contributed by atoms with Crippen LogP contribution in [-0.2, 0) is 0 Å². The number of rotatable bonds is 9. The minimum absolute atomic E-state index is 0.0850. The number of anilines is 3. The third-order valence-corrected chi connectivity index (χ3v) is 13.2. The fourth-order valence-electron chi connectivity index (χ4n) is 9.01. The van der Waals surface area contributed by atoms with Crippen molar-refractivity contribution in [3.05, 3.63) is 247 Å². The summed E-state index contributed by atoms with van der Waals surface area (Å²) in [5.41, 5.74) is 14.2. The summed E-state index contributed by atoms with van der Waals surface area (Å²) in [5.74, 6) is 0. The van der Waals surface area contributed by atoms with E-state index in [1.165, 1.54) is 70.2 Å². The van der Waals surface area contributed by atoms with E-state index in [9.17, 15) is 0 Å². The number of benzene rings is 9. The van der Waals surface area contributed by atoms with Gasteiger partial charge < -0.3 is 4.90 Å².